The average molecular weight is 581 g/mol. The first kappa shape index (κ1) is 32.3. The van der Waals surface area contributed by atoms with Gasteiger partial charge in [-0.2, -0.15) is 4.79 Å². The maximum atomic E-state index is 12.7. The molecule has 1 aliphatic heterocycles. The van der Waals surface area contributed by atoms with Gasteiger partial charge in [-0.1, -0.05) is 32.6 Å². The summed E-state index contributed by atoms with van der Waals surface area (Å²) in [5.74, 6) is 0.754. The van der Waals surface area contributed by atoms with E-state index in [1.807, 2.05) is 0 Å². The number of esters is 1. The van der Waals surface area contributed by atoms with Crippen molar-refractivity contribution in [3.8, 4) is 11.5 Å². The fourth-order valence-corrected chi connectivity index (χ4v) is 4.35. The standard InChI is InChI=1S/C32H41N3O7/c1-6-7-8-9-10-23-40-26-15-11-24(12-16-26)29(36)41-27-17-13-25(14-18-27)35(31(38)39)22-20-33-28(35)19-21-34(5)30(37)42-32(2,3)4/h11-18,20,22H,6-10,19,21,23H2,1-5H3/p+1. The molecular weight excluding hydrogens is 538 g/mol. The molecule has 2 aromatic carbocycles. The number of nitrogens with zero attached hydrogens (tertiary/aromatic N) is 3. The van der Waals surface area contributed by atoms with Crippen molar-refractivity contribution in [2.45, 2.75) is 71.8 Å². The molecule has 1 atom stereocenters. The van der Waals surface area contributed by atoms with E-state index in [2.05, 4.69) is 11.9 Å². The monoisotopic (exact) mass is 580 g/mol. The van der Waals surface area contributed by atoms with Crippen molar-refractivity contribution in [3.05, 3.63) is 66.5 Å². The van der Waals surface area contributed by atoms with Crippen molar-refractivity contribution in [2.75, 3.05) is 20.2 Å². The number of carbonyl (C=O) groups is 3. The predicted molar refractivity (Wildman–Crippen MR) is 162 cm³/mol. The first-order valence-corrected chi connectivity index (χ1v) is 14.3. The molecule has 1 aliphatic rings. The fraction of sp³-hybridized carbons (Fsp3) is 0.438. The SMILES string of the molecule is CCCCCCCOc1ccc(C(=O)Oc2ccc([N+]3(C(=O)O)C=CN=C3CCN(C)C(=O)OC(C)(C)C)cc2)cc1. The number of rotatable bonds is 13. The van der Waals surface area contributed by atoms with Crippen molar-refractivity contribution in [2.24, 2.45) is 4.99 Å². The largest absolute Gasteiger partial charge is 0.529 e. The molecule has 0 radical (unpaired) electrons. The predicted octanol–water partition coefficient (Wildman–Crippen LogP) is 7.38. The zero-order chi connectivity index (χ0) is 30.8. The van der Waals surface area contributed by atoms with Crippen LogP contribution in [0.2, 0.25) is 0 Å². The Balaban J connectivity index is 1.60. The maximum Gasteiger partial charge on any atom is 0.529 e. The summed E-state index contributed by atoms with van der Waals surface area (Å²) in [6.07, 6.45) is 7.21. The van der Waals surface area contributed by atoms with Gasteiger partial charge in [-0.3, -0.25) is 0 Å². The summed E-state index contributed by atoms with van der Waals surface area (Å²) in [4.78, 5) is 43.3. The minimum absolute atomic E-state index is 0.199. The van der Waals surface area contributed by atoms with Crippen molar-refractivity contribution in [1.82, 2.24) is 9.38 Å². The Hall–Kier alpha value is -4.18. The maximum absolute atomic E-state index is 12.7. The van der Waals surface area contributed by atoms with E-state index in [-0.39, 0.29) is 18.7 Å². The summed E-state index contributed by atoms with van der Waals surface area (Å²) in [6, 6.07) is 13.0. The summed E-state index contributed by atoms with van der Waals surface area (Å²) < 4.78 is 16.0. The van der Waals surface area contributed by atoms with Crippen LogP contribution < -0.4 is 14.0 Å². The van der Waals surface area contributed by atoms with Gasteiger partial charge >= 0.3 is 18.2 Å². The molecule has 1 N–H and O–H groups in total. The van der Waals surface area contributed by atoms with Crippen LogP contribution in [0.25, 0.3) is 0 Å². The quantitative estimate of drug-likeness (QED) is 0.114. The van der Waals surface area contributed by atoms with Crippen LogP contribution in [-0.4, -0.2) is 59.8 Å². The third kappa shape index (κ3) is 8.66. The number of ether oxygens (including phenoxy) is 3. The zero-order valence-corrected chi connectivity index (χ0v) is 25.2. The highest BCUT2D eigenvalue weighted by molar-refractivity contribution is 6.11. The number of benzene rings is 2. The normalized spacial score (nSPS) is 16.1. The summed E-state index contributed by atoms with van der Waals surface area (Å²) in [5, 5.41) is 10.2. The van der Waals surface area contributed by atoms with Crippen molar-refractivity contribution < 1.29 is 33.7 Å². The molecule has 0 aliphatic carbocycles. The van der Waals surface area contributed by atoms with Crippen molar-refractivity contribution in [3.63, 3.8) is 0 Å². The van der Waals surface area contributed by atoms with Gasteiger partial charge in [0.05, 0.1) is 24.8 Å². The molecule has 10 heteroatoms. The molecule has 0 spiro atoms. The van der Waals surface area contributed by atoms with E-state index in [4.69, 9.17) is 14.2 Å². The van der Waals surface area contributed by atoms with Gasteiger partial charge in [-0.05, 0) is 63.6 Å². The van der Waals surface area contributed by atoms with E-state index in [9.17, 15) is 19.5 Å². The molecule has 0 bridgehead atoms. The Bertz CT molecular complexity index is 1280. The van der Waals surface area contributed by atoms with E-state index in [0.717, 1.165) is 12.8 Å². The highest BCUT2D eigenvalue weighted by Crippen LogP contribution is 2.32. The van der Waals surface area contributed by atoms with E-state index in [1.165, 1.54) is 36.6 Å². The van der Waals surface area contributed by atoms with Gasteiger partial charge in [0.1, 0.15) is 23.3 Å². The number of hydrogen-bond acceptors (Lipinski definition) is 7. The summed E-state index contributed by atoms with van der Waals surface area (Å²) in [7, 11) is 1.59. The van der Waals surface area contributed by atoms with Crippen molar-refractivity contribution >= 4 is 29.7 Å². The Morgan fingerprint density at radius 1 is 0.929 bits per heavy atom. The molecule has 0 fully saturated rings. The molecule has 0 aromatic heterocycles. The van der Waals surface area contributed by atoms with Gasteiger partial charge in [-0.15, -0.1) is 4.48 Å². The van der Waals surface area contributed by atoms with Crippen LogP contribution in [0.15, 0.2) is 65.9 Å². The van der Waals surface area contributed by atoms with Crippen LogP contribution in [0, 0.1) is 0 Å². The summed E-state index contributed by atoms with van der Waals surface area (Å²) in [5.41, 5.74) is 0.120. The number of carbonyl (C=O) groups excluding carboxylic acids is 2. The summed E-state index contributed by atoms with van der Waals surface area (Å²) >= 11 is 0. The van der Waals surface area contributed by atoms with Gasteiger partial charge in [0.15, 0.2) is 5.69 Å². The van der Waals surface area contributed by atoms with E-state index >= 15 is 0 Å². The van der Waals surface area contributed by atoms with Crippen LogP contribution in [-0.2, 0) is 4.74 Å². The molecule has 2 amide bonds. The molecule has 42 heavy (non-hydrogen) atoms. The fourth-order valence-electron chi connectivity index (χ4n) is 4.35. The molecule has 1 heterocycles. The highest BCUT2D eigenvalue weighted by Gasteiger charge is 2.46. The number of hydrogen-bond donors (Lipinski definition) is 1. The van der Waals surface area contributed by atoms with Gasteiger partial charge < -0.3 is 24.2 Å². The number of carboxylic acid groups (broad SMARTS) is 1. The second-order valence-corrected chi connectivity index (χ2v) is 11.2. The van der Waals surface area contributed by atoms with Gasteiger partial charge in [0.25, 0.3) is 0 Å². The number of amidine groups is 1. The number of amides is 2. The lowest BCUT2D eigenvalue weighted by Crippen LogP contribution is -2.52. The molecule has 10 nitrogen and oxygen atoms in total. The lowest BCUT2D eigenvalue weighted by atomic mass is 10.2. The second-order valence-electron chi connectivity index (χ2n) is 11.2. The summed E-state index contributed by atoms with van der Waals surface area (Å²) in [6.45, 7) is 8.36. The Labute approximate surface area is 247 Å². The molecule has 226 valence electrons. The van der Waals surface area contributed by atoms with Crippen LogP contribution in [0.4, 0.5) is 15.3 Å². The third-order valence-electron chi connectivity index (χ3n) is 6.66. The van der Waals surface area contributed by atoms with Crippen LogP contribution in [0.1, 0.15) is 76.6 Å². The smallest absolute Gasteiger partial charge is 0.494 e. The lowest BCUT2D eigenvalue weighted by molar-refractivity contribution is 0.0302. The van der Waals surface area contributed by atoms with E-state index < -0.39 is 28.2 Å². The molecule has 0 saturated carbocycles. The Morgan fingerprint density at radius 3 is 2.19 bits per heavy atom. The van der Waals surface area contributed by atoms with Crippen LogP contribution in [0.3, 0.4) is 0 Å². The molecule has 3 rings (SSSR count). The van der Waals surface area contributed by atoms with E-state index in [1.54, 1.807) is 76.3 Å². The number of quaternary nitrogens is 1. The molecule has 1 unspecified atom stereocenters. The lowest BCUT2D eigenvalue weighted by Gasteiger charge is -2.28. The number of aliphatic imine (C=N–C) groups is 1. The van der Waals surface area contributed by atoms with Gasteiger partial charge in [0, 0.05) is 25.7 Å². The zero-order valence-electron chi connectivity index (χ0n) is 25.2. The Morgan fingerprint density at radius 2 is 1.57 bits per heavy atom. The third-order valence-corrected chi connectivity index (χ3v) is 6.66. The van der Waals surface area contributed by atoms with Crippen LogP contribution >= 0.6 is 0 Å². The first-order chi connectivity index (χ1) is 20.0. The van der Waals surface area contributed by atoms with Gasteiger partial charge in [0.2, 0.25) is 5.84 Å². The Kier molecular flexibility index (Phi) is 11.3. The minimum atomic E-state index is -1.16. The van der Waals surface area contributed by atoms with E-state index in [0.29, 0.717) is 29.4 Å². The average Bonchev–Trinajstić information content (AvgIpc) is 3.38. The number of unbranched alkanes of at least 4 members (excludes halogenated alkanes) is 4. The molecule has 2 aromatic rings. The second kappa shape index (κ2) is 14.6. The molecule has 0 saturated heterocycles. The highest BCUT2D eigenvalue weighted by atomic mass is 16.6. The molecular formula is C32H42N3O7+. The minimum Gasteiger partial charge on any atom is -0.494 e. The van der Waals surface area contributed by atoms with Crippen LogP contribution in [0.5, 0.6) is 11.5 Å². The first-order valence-electron chi connectivity index (χ1n) is 14.3. The topological polar surface area (TPSA) is 115 Å². The van der Waals surface area contributed by atoms with Crippen molar-refractivity contribution in [1.29, 1.82) is 0 Å². The van der Waals surface area contributed by atoms with Gasteiger partial charge in [-0.25, -0.2) is 14.6 Å².